The van der Waals surface area contributed by atoms with Gasteiger partial charge in [0.25, 0.3) is 5.91 Å². The summed E-state index contributed by atoms with van der Waals surface area (Å²) in [5, 5.41) is 14.4. The van der Waals surface area contributed by atoms with Gasteiger partial charge in [-0.3, -0.25) is 9.89 Å². The zero-order chi connectivity index (χ0) is 15.6. The molecule has 2 heterocycles. The molecule has 1 aliphatic rings. The fraction of sp³-hybridized carbons (Fsp3) is 0.235. The van der Waals surface area contributed by atoms with E-state index in [4.69, 9.17) is 0 Å². The smallest absolute Gasteiger partial charge is 0.251 e. The molecule has 4 rings (SSSR count). The number of aromatic nitrogens is 4. The zero-order valence-electron chi connectivity index (χ0n) is 12.6. The van der Waals surface area contributed by atoms with E-state index < -0.39 is 0 Å². The van der Waals surface area contributed by atoms with Crippen molar-refractivity contribution in [3.8, 4) is 5.69 Å². The molecule has 0 bridgehead atoms. The van der Waals surface area contributed by atoms with Gasteiger partial charge in [-0.2, -0.15) is 10.2 Å². The van der Waals surface area contributed by atoms with Crippen LogP contribution >= 0.6 is 0 Å². The van der Waals surface area contributed by atoms with Crippen LogP contribution in [0.2, 0.25) is 0 Å². The third-order valence-corrected chi connectivity index (χ3v) is 3.96. The van der Waals surface area contributed by atoms with Crippen molar-refractivity contribution in [1.29, 1.82) is 0 Å². The Kier molecular flexibility index (Phi) is 3.42. The first-order valence-corrected chi connectivity index (χ1v) is 7.72. The highest BCUT2D eigenvalue weighted by atomic mass is 16.1. The van der Waals surface area contributed by atoms with Gasteiger partial charge in [-0.1, -0.05) is 6.07 Å². The molecule has 2 N–H and O–H groups in total. The van der Waals surface area contributed by atoms with Gasteiger partial charge in [-0.05, 0) is 43.2 Å². The van der Waals surface area contributed by atoms with Crippen molar-refractivity contribution < 1.29 is 4.79 Å². The van der Waals surface area contributed by atoms with Crippen LogP contribution in [0.4, 0.5) is 0 Å². The standard InChI is InChI=1S/C17H17N5O/c23-17(18-11-14-10-16(21-20-14)12-5-6-12)13-3-1-4-15(9-13)22-8-2-7-19-22/h1-4,7-10,12H,5-6,11H2,(H,18,23)(H,20,21). The summed E-state index contributed by atoms with van der Waals surface area (Å²) in [6.07, 6.45) is 6.00. The summed E-state index contributed by atoms with van der Waals surface area (Å²) >= 11 is 0. The van der Waals surface area contributed by atoms with Crippen LogP contribution in [0, 0.1) is 0 Å². The molecule has 1 fully saturated rings. The number of hydrogen-bond acceptors (Lipinski definition) is 3. The normalized spacial score (nSPS) is 13.9. The SMILES string of the molecule is O=C(NCc1cc(C2CC2)n[nH]1)c1cccc(-n2cccn2)c1. The van der Waals surface area contributed by atoms with E-state index in [2.05, 4.69) is 20.6 Å². The van der Waals surface area contributed by atoms with Gasteiger partial charge in [-0.15, -0.1) is 0 Å². The lowest BCUT2D eigenvalue weighted by Gasteiger charge is -2.06. The summed E-state index contributed by atoms with van der Waals surface area (Å²) in [6.45, 7) is 0.449. The summed E-state index contributed by atoms with van der Waals surface area (Å²) in [5.74, 6) is 0.503. The van der Waals surface area contributed by atoms with E-state index in [-0.39, 0.29) is 5.91 Å². The fourth-order valence-electron chi connectivity index (χ4n) is 2.55. The Morgan fingerprint density at radius 1 is 1.30 bits per heavy atom. The van der Waals surface area contributed by atoms with Crippen LogP contribution in [0.5, 0.6) is 0 Å². The summed E-state index contributed by atoms with van der Waals surface area (Å²) in [4.78, 5) is 12.3. The Bertz CT molecular complexity index is 817. The highest BCUT2D eigenvalue weighted by Gasteiger charge is 2.26. The number of carbonyl (C=O) groups is 1. The van der Waals surface area contributed by atoms with Gasteiger partial charge >= 0.3 is 0 Å². The zero-order valence-corrected chi connectivity index (χ0v) is 12.6. The lowest BCUT2D eigenvalue weighted by atomic mass is 10.2. The molecule has 1 saturated carbocycles. The molecule has 0 atom stereocenters. The second-order valence-electron chi connectivity index (χ2n) is 5.78. The number of carbonyl (C=O) groups excluding carboxylic acids is 1. The largest absolute Gasteiger partial charge is 0.346 e. The average Bonchev–Trinajstić information content (AvgIpc) is 3.11. The molecule has 0 aliphatic heterocycles. The molecule has 0 radical (unpaired) electrons. The second-order valence-corrected chi connectivity index (χ2v) is 5.78. The van der Waals surface area contributed by atoms with Crippen molar-refractivity contribution in [2.24, 2.45) is 0 Å². The minimum Gasteiger partial charge on any atom is -0.346 e. The van der Waals surface area contributed by atoms with Gasteiger partial charge in [0, 0.05) is 23.9 Å². The Hall–Kier alpha value is -2.89. The lowest BCUT2D eigenvalue weighted by Crippen LogP contribution is -2.23. The van der Waals surface area contributed by atoms with Crippen LogP contribution in [0.3, 0.4) is 0 Å². The van der Waals surface area contributed by atoms with Crippen molar-refractivity contribution in [3.63, 3.8) is 0 Å². The number of nitrogens with zero attached hydrogens (tertiary/aromatic N) is 3. The van der Waals surface area contributed by atoms with E-state index in [0.29, 0.717) is 18.0 Å². The maximum absolute atomic E-state index is 12.3. The number of aromatic amines is 1. The van der Waals surface area contributed by atoms with Crippen molar-refractivity contribution >= 4 is 5.91 Å². The quantitative estimate of drug-likeness (QED) is 0.760. The molecule has 6 heteroatoms. The molecule has 0 spiro atoms. The number of amides is 1. The Labute approximate surface area is 133 Å². The van der Waals surface area contributed by atoms with Crippen LogP contribution in [0.15, 0.2) is 48.8 Å². The van der Waals surface area contributed by atoms with Gasteiger partial charge in [0.1, 0.15) is 0 Å². The Morgan fingerprint density at radius 3 is 3.00 bits per heavy atom. The Balaban J connectivity index is 1.43. The number of H-pyrrole nitrogens is 1. The Morgan fingerprint density at radius 2 is 2.22 bits per heavy atom. The highest BCUT2D eigenvalue weighted by molar-refractivity contribution is 5.94. The molecule has 1 aromatic carbocycles. The highest BCUT2D eigenvalue weighted by Crippen LogP contribution is 2.38. The van der Waals surface area contributed by atoms with Crippen LogP contribution in [-0.4, -0.2) is 25.9 Å². The summed E-state index contributed by atoms with van der Waals surface area (Å²) in [5.41, 5.74) is 3.51. The van der Waals surface area contributed by atoms with Crippen LogP contribution in [-0.2, 0) is 6.54 Å². The first-order valence-electron chi connectivity index (χ1n) is 7.72. The van der Waals surface area contributed by atoms with Crippen LogP contribution in [0.1, 0.15) is 40.5 Å². The topological polar surface area (TPSA) is 75.6 Å². The number of nitrogens with one attached hydrogen (secondary N) is 2. The van der Waals surface area contributed by atoms with Crippen molar-refractivity contribution in [3.05, 3.63) is 65.7 Å². The molecular formula is C17H17N5O. The van der Waals surface area contributed by atoms with Crippen LogP contribution in [0.25, 0.3) is 5.69 Å². The minimum atomic E-state index is -0.110. The van der Waals surface area contributed by atoms with Gasteiger partial charge in [0.2, 0.25) is 0 Å². The fourth-order valence-corrected chi connectivity index (χ4v) is 2.55. The second kappa shape index (κ2) is 5.72. The maximum atomic E-state index is 12.3. The monoisotopic (exact) mass is 307 g/mol. The summed E-state index contributed by atoms with van der Waals surface area (Å²) in [7, 11) is 0. The number of hydrogen-bond donors (Lipinski definition) is 2. The number of benzene rings is 1. The third kappa shape index (κ3) is 3.01. The summed E-state index contributed by atoms with van der Waals surface area (Å²) in [6, 6.07) is 11.3. The molecule has 116 valence electrons. The lowest BCUT2D eigenvalue weighted by molar-refractivity contribution is 0.0950. The third-order valence-electron chi connectivity index (χ3n) is 3.96. The first kappa shape index (κ1) is 13.8. The van der Waals surface area contributed by atoms with Gasteiger partial charge in [0.05, 0.1) is 23.6 Å². The van der Waals surface area contributed by atoms with E-state index in [0.717, 1.165) is 17.1 Å². The van der Waals surface area contributed by atoms with E-state index in [9.17, 15) is 4.79 Å². The van der Waals surface area contributed by atoms with E-state index >= 15 is 0 Å². The van der Waals surface area contributed by atoms with Crippen LogP contribution < -0.4 is 5.32 Å². The maximum Gasteiger partial charge on any atom is 0.251 e. The van der Waals surface area contributed by atoms with Gasteiger partial charge in [0.15, 0.2) is 0 Å². The molecule has 2 aromatic heterocycles. The first-order chi connectivity index (χ1) is 11.3. The predicted molar refractivity (Wildman–Crippen MR) is 85.3 cm³/mol. The molecule has 3 aromatic rings. The molecule has 23 heavy (non-hydrogen) atoms. The van der Waals surface area contributed by atoms with Gasteiger partial charge < -0.3 is 5.32 Å². The molecule has 1 aliphatic carbocycles. The molecule has 0 unspecified atom stereocenters. The van der Waals surface area contributed by atoms with Crippen molar-refractivity contribution in [2.45, 2.75) is 25.3 Å². The predicted octanol–water partition coefficient (Wildman–Crippen LogP) is 2.40. The van der Waals surface area contributed by atoms with Crippen molar-refractivity contribution in [2.75, 3.05) is 0 Å². The average molecular weight is 307 g/mol. The van der Waals surface area contributed by atoms with Crippen molar-refractivity contribution in [1.82, 2.24) is 25.3 Å². The number of rotatable bonds is 5. The van der Waals surface area contributed by atoms with E-state index in [1.54, 1.807) is 16.9 Å². The minimum absolute atomic E-state index is 0.110. The molecular weight excluding hydrogens is 290 g/mol. The van der Waals surface area contributed by atoms with Gasteiger partial charge in [-0.25, -0.2) is 4.68 Å². The summed E-state index contributed by atoms with van der Waals surface area (Å²) < 4.78 is 1.73. The van der Waals surface area contributed by atoms with E-state index in [1.165, 1.54) is 12.8 Å². The molecule has 0 saturated heterocycles. The molecule has 1 amide bonds. The molecule has 6 nitrogen and oxygen atoms in total. The van der Waals surface area contributed by atoms with E-state index in [1.807, 2.05) is 36.5 Å².